The van der Waals surface area contributed by atoms with E-state index in [4.69, 9.17) is 0 Å². The van der Waals surface area contributed by atoms with Gasteiger partial charge in [-0.05, 0) is 46.9 Å². The molecule has 0 aliphatic rings. The van der Waals surface area contributed by atoms with Crippen molar-refractivity contribution in [1.29, 1.82) is 0 Å². The van der Waals surface area contributed by atoms with Gasteiger partial charge in [0.25, 0.3) is 11.8 Å². The SMILES string of the molecule is CC(C)(C)c1ccc(C(=O)NNC(=O)/C=C/c2cccc(C(F)(F)F)c2)cc1. The molecular formula is C21H21F3N2O2. The lowest BCUT2D eigenvalue weighted by Gasteiger charge is -2.19. The van der Waals surface area contributed by atoms with Crippen molar-refractivity contribution in [2.24, 2.45) is 0 Å². The van der Waals surface area contributed by atoms with Crippen LogP contribution in [0.1, 0.15) is 47.8 Å². The summed E-state index contributed by atoms with van der Waals surface area (Å²) in [6, 6.07) is 11.6. The largest absolute Gasteiger partial charge is 0.416 e. The zero-order valence-electron chi connectivity index (χ0n) is 15.7. The van der Waals surface area contributed by atoms with E-state index in [1.165, 1.54) is 18.2 Å². The van der Waals surface area contributed by atoms with Crippen molar-refractivity contribution >= 4 is 17.9 Å². The second kappa shape index (κ2) is 8.29. The molecule has 0 aromatic heterocycles. The van der Waals surface area contributed by atoms with Crippen molar-refractivity contribution in [1.82, 2.24) is 10.9 Å². The Morgan fingerprint density at radius 3 is 2.11 bits per heavy atom. The highest BCUT2D eigenvalue weighted by atomic mass is 19.4. The van der Waals surface area contributed by atoms with Crippen LogP contribution in [0.4, 0.5) is 13.2 Å². The van der Waals surface area contributed by atoms with E-state index in [2.05, 4.69) is 31.6 Å². The monoisotopic (exact) mass is 390 g/mol. The number of carbonyl (C=O) groups is 2. The molecule has 2 amide bonds. The lowest BCUT2D eigenvalue weighted by atomic mass is 9.87. The third-order valence-corrected chi connectivity index (χ3v) is 3.95. The van der Waals surface area contributed by atoms with Crippen LogP contribution in [0.25, 0.3) is 6.08 Å². The summed E-state index contributed by atoms with van der Waals surface area (Å²) in [5.41, 5.74) is 5.26. The summed E-state index contributed by atoms with van der Waals surface area (Å²) in [7, 11) is 0. The number of halogens is 3. The Kier molecular flexibility index (Phi) is 6.28. The van der Waals surface area contributed by atoms with E-state index >= 15 is 0 Å². The van der Waals surface area contributed by atoms with Crippen molar-refractivity contribution < 1.29 is 22.8 Å². The number of rotatable bonds is 3. The fraction of sp³-hybridized carbons (Fsp3) is 0.238. The Hall–Kier alpha value is -3.09. The van der Waals surface area contributed by atoms with E-state index in [1.54, 1.807) is 12.1 Å². The number of alkyl halides is 3. The van der Waals surface area contributed by atoms with Crippen molar-refractivity contribution in [2.75, 3.05) is 0 Å². The number of nitrogens with one attached hydrogen (secondary N) is 2. The average molecular weight is 390 g/mol. The highest BCUT2D eigenvalue weighted by molar-refractivity contribution is 5.97. The van der Waals surface area contributed by atoms with Gasteiger partial charge in [0, 0.05) is 11.6 Å². The van der Waals surface area contributed by atoms with Gasteiger partial charge in [0.1, 0.15) is 0 Å². The third kappa shape index (κ3) is 5.97. The molecule has 0 fully saturated rings. The molecule has 7 heteroatoms. The predicted molar refractivity (Wildman–Crippen MR) is 101 cm³/mol. The molecule has 0 bridgehead atoms. The third-order valence-electron chi connectivity index (χ3n) is 3.95. The first-order valence-electron chi connectivity index (χ1n) is 8.53. The van der Waals surface area contributed by atoms with Crippen LogP contribution in [0.15, 0.2) is 54.6 Å². The van der Waals surface area contributed by atoms with Crippen LogP contribution in [0.3, 0.4) is 0 Å². The lowest BCUT2D eigenvalue weighted by molar-refractivity contribution is -0.137. The number of carbonyl (C=O) groups excluding carboxylic acids is 2. The first-order valence-corrected chi connectivity index (χ1v) is 8.53. The normalized spacial score (nSPS) is 12.1. The van der Waals surface area contributed by atoms with Crippen LogP contribution in [-0.2, 0) is 16.4 Å². The van der Waals surface area contributed by atoms with E-state index in [1.807, 2.05) is 12.1 Å². The molecule has 0 spiro atoms. The Bertz CT molecular complexity index is 880. The summed E-state index contributed by atoms with van der Waals surface area (Å²) >= 11 is 0. The summed E-state index contributed by atoms with van der Waals surface area (Å²) in [5.74, 6) is -1.17. The second-order valence-electron chi connectivity index (χ2n) is 7.23. The van der Waals surface area contributed by atoms with Crippen molar-refractivity contribution in [2.45, 2.75) is 32.4 Å². The minimum absolute atomic E-state index is 0.0442. The molecular weight excluding hydrogens is 369 g/mol. The van der Waals surface area contributed by atoms with Crippen LogP contribution in [0.2, 0.25) is 0 Å². The molecule has 0 radical (unpaired) electrons. The first kappa shape index (κ1) is 21.2. The Morgan fingerprint density at radius 2 is 1.54 bits per heavy atom. The predicted octanol–water partition coefficient (Wildman–Crippen LogP) is 4.48. The summed E-state index contributed by atoms with van der Waals surface area (Å²) < 4.78 is 38.0. The second-order valence-corrected chi connectivity index (χ2v) is 7.23. The van der Waals surface area contributed by atoms with Crippen LogP contribution >= 0.6 is 0 Å². The minimum atomic E-state index is -4.46. The molecule has 0 heterocycles. The van der Waals surface area contributed by atoms with Gasteiger partial charge in [0.2, 0.25) is 0 Å². The van der Waals surface area contributed by atoms with Crippen molar-refractivity contribution in [3.8, 4) is 0 Å². The summed E-state index contributed by atoms with van der Waals surface area (Å²) in [6.45, 7) is 6.16. The van der Waals surface area contributed by atoms with Crippen LogP contribution in [0.5, 0.6) is 0 Å². The maximum Gasteiger partial charge on any atom is 0.416 e. The molecule has 0 atom stereocenters. The van der Waals surface area contributed by atoms with Crippen LogP contribution in [0, 0.1) is 0 Å². The fourth-order valence-corrected chi connectivity index (χ4v) is 2.34. The molecule has 0 aliphatic heterocycles. The number of amides is 2. The first-order chi connectivity index (χ1) is 13.0. The minimum Gasteiger partial charge on any atom is -0.268 e. The molecule has 28 heavy (non-hydrogen) atoms. The number of hydrogen-bond donors (Lipinski definition) is 2. The molecule has 4 nitrogen and oxygen atoms in total. The standard InChI is InChI=1S/C21H21F3N2O2/c1-20(2,3)16-10-8-15(9-11-16)19(28)26-25-18(27)12-7-14-5-4-6-17(13-14)21(22,23)24/h4-13H,1-3H3,(H,25,27)(H,26,28)/b12-7+. The summed E-state index contributed by atoms with van der Waals surface area (Å²) in [5, 5.41) is 0. The number of hydrazine groups is 1. The van der Waals surface area contributed by atoms with E-state index in [0.717, 1.165) is 23.8 Å². The quantitative estimate of drug-likeness (QED) is 0.600. The maximum atomic E-state index is 12.7. The van der Waals surface area contributed by atoms with E-state index < -0.39 is 23.6 Å². The molecule has 0 unspecified atom stereocenters. The molecule has 0 aliphatic carbocycles. The topological polar surface area (TPSA) is 58.2 Å². The van der Waals surface area contributed by atoms with Gasteiger partial charge in [-0.2, -0.15) is 13.2 Å². The van der Waals surface area contributed by atoms with E-state index in [9.17, 15) is 22.8 Å². The average Bonchev–Trinajstić information content (AvgIpc) is 2.63. The van der Waals surface area contributed by atoms with Crippen molar-refractivity contribution in [3.05, 3.63) is 76.9 Å². The van der Waals surface area contributed by atoms with Gasteiger partial charge in [-0.15, -0.1) is 0 Å². The smallest absolute Gasteiger partial charge is 0.268 e. The van der Waals surface area contributed by atoms with Crippen molar-refractivity contribution in [3.63, 3.8) is 0 Å². The zero-order chi connectivity index (χ0) is 20.9. The van der Waals surface area contributed by atoms with E-state index in [-0.39, 0.29) is 11.0 Å². The van der Waals surface area contributed by atoms with Crippen LogP contribution < -0.4 is 10.9 Å². The highest BCUT2D eigenvalue weighted by Crippen LogP contribution is 2.29. The van der Waals surface area contributed by atoms with Crippen LogP contribution in [-0.4, -0.2) is 11.8 Å². The Labute approximate surface area is 161 Å². The highest BCUT2D eigenvalue weighted by Gasteiger charge is 2.30. The molecule has 2 aromatic carbocycles. The van der Waals surface area contributed by atoms with E-state index in [0.29, 0.717) is 5.56 Å². The van der Waals surface area contributed by atoms with Gasteiger partial charge in [-0.1, -0.05) is 45.0 Å². The molecule has 2 N–H and O–H groups in total. The summed E-state index contributed by atoms with van der Waals surface area (Å²) in [4.78, 5) is 23.8. The van der Waals surface area contributed by atoms with Gasteiger partial charge >= 0.3 is 6.18 Å². The Balaban J connectivity index is 1.93. The Morgan fingerprint density at radius 1 is 0.893 bits per heavy atom. The van der Waals surface area contributed by atoms with Gasteiger partial charge in [-0.3, -0.25) is 20.4 Å². The van der Waals surface area contributed by atoms with Gasteiger partial charge in [0.05, 0.1) is 5.56 Å². The lowest BCUT2D eigenvalue weighted by Crippen LogP contribution is -2.40. The van der Waals surface area contributed by atoms with Gasteiger partial charge in [0.15, 0.2) is 0 Å². The summed E-state index contributed by atoms with van der Waals surface area (Å²) in [6.07, 6.45) is -2.18. The maximum absolute atomic E-state index is 12.7. The van der Waals surface area contributed by atoms with Gasteiger partial charge < -0.3 is 0 Å². The molecule has 2 aromatic rings. The fourth-order valence-electron chi connectivity index (χ4n) is 2.34. The zero-order valence-corrected chi connectivity index (χ0v) is 15.7. The van der Waals surface area contributed by atoms with Gasteiger partial charge in [-0.25, -0.2) is 0 Å². The molecule has 148 valence electrons. The molecule has 0 saturated heterocycles. The molecule has 2 rings (SSSR count). The number of hydrogen-bond acceptors (Lipinski definition) is 2. The molecule has 0 saturated carbocycles. The number of benzene rings is 2.